The van der Waals surface area contributed by atoms with Gasteiger partial charge < -0.3 is 56.2 Å². The average Bonchev–Trinajstić information content (AvgIpc) is 3.27. The molecule has 0 radical (unpaired) electrons. The SMILES string of the molecule is CCCC(=O)N(C)[C@H](CSCCCN1CCNCC1)C(=O)N(C)[C@@H](CC(C)(C)O)C(=O)N[C@H](C(=O)N(C)[C@@H](CC(C)C)C(=O)N[C@H](C)C(=O)N[C@@H](C)C(=O)N(C)[C@@H](CC(C)C)C(=O)NC)C(C)C. The minimum Gasteiger partial charge on any atom is -0.390 e. The molecule has 6 N–H and O–H groups in total. The van der Waals surface area contributed by atoms with Crippen LogP contribution in [0.3, 0.4) is 0 Å². The van der Waals surface area contributed by atoms with Crippen molar-refractivity contribution in [1.29, 1.82) is 0 Å². The topological polar surface area (TPSA) is 233 Å². The number of nitrogens with zero attached hydrogens (tertiary/aromatic N) is 5. The van der Waals surface area contributed by atoms with Gasteiger partial charge in [0.25, 0.3) is 0 Å². The largest absolute Gasteiger partial charge is 0.390 e. The normalized spacial score (nSPS) is 16.4. The second kappa shape index (κ2) is 29.9. The number of carbonyl (C=O) groups excluding carboxylic acids is 8. The number of piperazine rings is 1. The zero-order chi connectivity index (χ0) is 52.2. The standard InChI is InChI=1S/C48H90N10O9S/c1-17-19-39(59)54(13)38(29-68-25-18-22-58-23-20-50-21-24-58)46(65)57(16)37(28-48(10,11)67)44(63)53-40(32(6)7)47(66)56(15)36(27-31(4)5)43(62)51-33(8)41(60)52-34(9)45(64)55(14)35(26-30(2)3)42(61)49-12/h30-38,40,50,67H,17-29H2,1-16H3,(H,49,61)(H,51,62)(H,52,60)(H,53,63)/t33-,34+,35+,36+,37+,38-,40+/m1/s1. The van der Waals surface area contributed by atoms with Gasteiger partial charge in [-0.2, -0.15) is 11.8 Å². The zero-order valence-electron chi connectivity index (χ0n) is 44.3. The summed E-state index contributed by atoms with van der Waals surface area (Å²) < 4.78 is 0. The van der Waals surface area contributed by atoms with E-state index in [1.54, 1.807) is 32.7 Å². The lowest BCUT2D eigenvalue weighted by Crippen LogP contribution is -2.61. The lowest BCUT2D eigenvalue weighted by atomic mass is 9.95. The molecule has 68 heavy (non-hydrogen) atoms. The smallest absolute Gasteiger partial charge is 0.246 e. The number of amides is 8. The van der Waals surface area contributed by atoms with Gasteiger partial charge in [0.1, 0.15) is 42.3 Å². The van der Waals surface area contributed by atoms with Crippen molar-refractivity contribution in [1.82, 2.24) is 51.1 Å². The molecule has 1 heterocycles. The number of carbonyl (C=O) groups is 8. The number of rotatable bonds is 29. The van der Waals surface area contributed by atoms with Gasteiger partial charge in [-0.1, -0.05) is 48.5 Å². The Kier molecular flexibility index (Phi) is 27.3. The quantitative estimate of drug-likeness (QED) is 0.0583. The summed E-state index contributed by atoms with van der Waals surface area (Å²) in [4.78, 5) is 118. The van der Waals surface area contributed by atoms with E-state index in [0.717, 1.165) is 44.9 Å². The molecule has 1 aliphatic rings. The second-order valence-electron chi connectivity index (χ2n) is 20.3. The summed E-state index contributed by atoms with van der Waals surface area (Å²) in [6.45, 7) is 23.8. The second-order valence-corrected chi connectivity index (χ2v) is 21.4. The number of hydrogen-bond acceptors (Lipinski definition) is 12. The van der Waals surface area contributed by atoms with Crippen LogP contribution in [0.5, 0.6) is 0 Å². The lowest BCUT2D eigenvalue weighted by Gasteiger charge is -2.38. The van der Waals surface area contributed by atoms with Crippen LogP contribution in [0.2, 0.25) is 0 Å². The Morgan fingerprint density at radius 3 is 1.66 bits per heavy atom. The average molecular weight is 983 g/mol. The Morgan fingerprint density at radius 2 is 1.16 bits per heavy atom. The highest BCUT2D eigenvalue weighted by Crippen LogP contribution is 2.22. The van der Waals surface area contributed by atoms with Crippen molar-refractivity contribution in [3.63, 3.8) is 0 Å². The third-order valence-corrected chi connectivity index (χ3v) is 13.4. The van der Waals surface area contributed by atoms with E-state index in [4.69, 9.17) is 0 Å². The minimum absolute atomic E-state index is 0.0824. The van der Waals surface area contributed by atoms with Gasteiger partial charge in [-0.3, -0.25) is 38.4 Å². The fraction of sp³-hybridized carbons (Fsp3) is 0.833. The van der Waals surface area contributed by atoms with E-state index in [-0.39, 0.29) is 42.9 Å². The summed E-state index contributed by atoms with van der Waals surface area (Å²) >= 11 is 1.57. The molecule has 20 heteroatoms. The number of aliphatic hydroxyl groups is 1. The number of nitrogens with one attached hydrogen (secondary N) is 5. The summed E-state index contributed by atoms with van der Waals surface area (Å²) in [7, 11) is 7.52. The van der Waals surface area contributed by atoms with Crippen molar-refractivity contribution < 1.29 is 43.5 Å². The van der Waals surface area contributed by atoms with E-state index >= 15 is 0 Å². The maximum atomic E-state index is 14.5. The molecule has 0 aliphatic carbocycles. The third kappa shape index (κ3) is 20.5. The van der Waals surface area contributed by atoms with Crippen molar-refractivity contribution in [2.45, 2.75) is 163 Å². The van der Waals surface area contributed by atoms with Gasteiger partial charge in [-0.25, -0.2) is 0 Å². The van der Waals surface area contributed by atoms with Gasteiger partial charge in [0.15, 0.2) is 0 Å². The van der Waals surface area contributed by atoms with Gasteiger partial charge in [-0.15, -0.1) is 0 Å². The zero-order valence-corrected chi connectivity index (χ0v) is 45.1. The van der Waals surface area contributed by atoms with Crippen molar-refractivity contribution in [2.24, 2.45) is 17.8 Å². The van der Waals surface area contributed by atoms with Crippen LogP contribution in [-0.2, 0) is 38.4 Å². The molecular weight excluding hydrogens is 893 g/mol. The fourth-order valence-electron chi connectivity index (χ4n) is 8.01. The highest BCUT2D eigenvalue weighted by atomic mass is 32.2. The van der Waals surface area contributed by atoms with Crippen molar-refractivity contribution in [3.8, 4) is 0 Å². The van der Waals surface area contributed by atoms with E-state index in [0.29, 0.717) is 18.6 Å². The molecule has 1 rings (SSSR count). The Bertz CT molecular complexity index is 1650. The molecule has 1 fully saturated rings. The molecule has 19 nitrogen and oxygen atoms in total. The van der Waals surface area contributed by atoms with Crippen LogP contribution in [-0.4, -0.2) is 204 Å². The summed E-state index contributed by atoms with van der Waals surface area (Å²) in [5, 5.41) is 25.2. The summed E-state index contributed by atoms with van der Waals surface area (Å²) in [6.07, 6.45) is 2.18. The number of likely N-dealkylation sites (N-methyl/N-ethyl adjacent to an activating group) is 5. The number of thioether (sulfide) groups is 1. The molecule has 0 saturated carbocycles. The molecule has 1 saturated heterocycles. The summed E-state index contributed by atoms with van der Waals surface area (Å²) in [5.41, 5.74) is -1.42. The summed E-state index contributed by atoms with van der Waals surface area (Å²) in [6, 6.07) is -7.29. The molecule has 7 atom stereocenters. The van der Waals surface area contributed by atoms with Gasteiger partial charge in [0.05, 0.1) is 5.60 Å². The van der Waals surface area contributed by atoms with E-state index < -0.39 is 89.3 Å². The Morgan fingerprint density at radius 1 is 0.662 bits per heavy atom. The van der Waals surface area contributed by atoms with Crippen LogP contribution in [0, 0.1) is 17.8 Å². The minimum atomic E-state index is -1.42. The molecule has 392 valence electrons. The fourth-order valence-corrected chi connectivity index (χ4v) is 9.10. The van der Waals surface area contributed by atoms with E-state index in [9.17, 15) is 43.5 Å². The maximum Gasteiger partial charge on any atom is 0.246 e. The van der Waals surface area contributed by atoms with Crippen molar-refractivity contribution >= 4 is 59.0 Å². The molecule has 0 spiro atoms. The molecule has 0 bridgehead atoms. The lowest BCUT2D eigenvalue weighted by molar-refractivity contribution is -0.149. The van der Waals surface area contributed by atoms with Crippen LogP contribution in [0.4, 0.5) is 0 Å². The first-order valence-corrected chi connectivity index (χ1v) is 25.7. The first kappa shape index (κ1) is 62.0. The highest BCUT2D eigenvalue weighted by Gasteiger charge is 2.41. The van der Waals surface area contributed by atoms with Crippen LogP contribution in [0.1, 0.15) is 115 Å². The molecular formula is C48H90N10O9S. The molecule has 0 aromatic heterocycles. The Hall–Kier alpha value is -4.01. The van der Waals surface area contributed by atoms with E-state index in [1.165, 1.54) is 75.5 Å². The van der Waals surface area contributed by atoms with Gasteiger partial charge in [0.2, 0.25) is 47.3 Å². The monoisotopic (exact) mass is 983 g/mol. The summed E-state index contributed by atoms with van der Waals surface area (Å²) in [5.74, 6) is -3.43. The Balaban J connectivity index is 3.32. The van der Waals surface area contributed by atoms with Crippen LogP contribution in [0.15, 0.2) is 0 Å². The van der Waals surface area contributed by atoms with Crippen LogP contribution < -0.4 is 26.6 Å². The van der Waals surface area contributed by atoms with E-state index in [2.05, 4.69) is 31.5 Å². The first-order chi connectivity index (χ1) is 31.6. The van der Waals surface area contributed by atoms with Gasteiger partial charge in [-0.05, 0) is 83.4 Å². The molecule has 0 unspecified atom stereocenters. The first-order valence-electron chi connectivity index (χ1n) is 24.5. The maximum absolute atomic E-state index is 14.5. The van der Waals surface area contributed by atoms with Crippen molar-refractivity contribution in [3.05, 3.63) is 0 Å². The molecule has 1 aliphatic heterocycles. The molecule has 8 amide bonds. The van der Waals surface area contributed by atoms with Crippen LogP contribution in [0.25, 0.3) is 0 Å². The van der Waals surface area contributed by atoms with E-state index in [1.807, 2.05) is 34.6 Å². The van der Waals surface area contributed by atoms with Crippen LogP contribution >= 0.6 is 11.8 Å². The van der Waals surface area contributed by atoms with Gasteiger partial charge in [0, 0.05) is 80.0 Å². The van der Waals surface area contributed by atoms with Gasteiger partial charge >= 0.3 is 0 Å². The highest BCUT2D eigenvalue weighted by molar-refractivity contribution is 7.99. The predicted molar refractivity (Wildman–Crippen MR) is 268 cm³/mol. The third-order valence-electron chi connectivity index (χ3n) is 12.3. The molecule has 0 aromatic rings. The number of hydrogen-bond donors (Lipinski definition) is 6. The molecule has 0 aromatic carbocycles. The van der Waals surface area contributed by atoms with Crippen molar-refractivity contribution in [2.75, 3.05) is 79.5 Å². The Labute approximate surface area is 412 Å². The predicted octanol–water partition coefficient (Wildman–Crippen LogP) is 1.27.